The van der Waals surface area contributed by atoms with E-state index in [2.05, 4.69) is 34.6 Å². The van der Waals surface area contributed by atoms with Crippen LogP contribution >= 0.6 is 11.3 Å². The molecule has 1 aliphatic rings. The summed E-state index contributed by atoms with van der Waals surface area (Å²) in [5, 5.41) is 12.6. The molecular weight excluding hydrogens is 408 g/mol. The lowest BCUT2D eigenvalue weighted by atomic mass is 9.93. The highest BCUT2D eigenvalue weighted by atomic mass is 32.1. The Morgan fingerprint density at radius 1 is 1.06 bits per heavy atom. The van der Waals surface area contributed by atoms with E-state index < -0.39 is 0 Å². The van der Waals surface area contributed by atoms with Gasteiger partial charge in [-0.15, -0.1) is 16.4 Å². The smallest absolute Gasteiger partial charge is 0.276 e. The van der Waals surface area contributed by atoms with Crippen molar-refractivity contribution < 1.29 is 9.59 Å². The van der Waals surface area contributed by atoms with Gasteiger partial charge in [0.15, 0.2) is 11.5 Å². The number of rotatable bonds is 5. The molecular formula is C24H22N4O2S. The van der Waals surface area contributed by atoms with Crippen molar-refractivity contribution in [3.05, 3.63) is 82.3 Å². The molecule has 5 rings (SSSR count). The molecule has 3 heterocycles. The van der Waals surface area contributed by atoms with Crippen LogP contribution in [0.5, 0.6) is 0 Å². The van der Waals surface area contributed by atoms with E-state index in [1.807, 2.05) is 35.7 Å². The van der Waals surface area contributed by atoms with Crippen molar-refractivity contribution in [1.29, 1.82) is 0 Å². The number of amides is 1. The Labute approximate surface area is 184 Å². The third-order valence-corrected chi connectivity index (χ3v) is 6.70. The zero-order valence-electron chi connectivity index (χ0n) is 17.0. The number of Topliss-reactive ketones (excluding diaryl/α,β-unsaturated/α-hetero) is 1. The maximum absolute atomic E-state index is 13.0. The first-order chi connectivity index (χ1) is 15.2. The SMILES string of the molecule is O=C(c1cccs1)[C@H]1CCCN(C(=O)c2cn(Cc3cccc4ccccc34)nn2)C1. The van der Waals surface area contributed by atoms with Gasteiger partial charge in [0.25, 0.3) is 5.91 Å². The summed E-state index contributed by atoms with van der Waals surface area (Å²) in [4.78, 5) is 28.3. The highest BCUT2D eigenvalue weighted by Crippen LogP contribution is 2.24. The van der Waals surface area contributed by atoms with Gasteiger partial charge in [-0.05, 0) is 40.6 Å². The average molecular weight is 431 g/mol. The second-order valence-electron chi connectivity index (χ2n) is 7.87. The van der Waals surface area contributed by atoms with Gasteiger partial charge in [0.05, 0.1) is 17.6 Å². The number of fused-ring (bicyclic) bond motifs is 1. The number of aromatic nitrogens is 3. The van der Waals surface area contributed by atoms with E-state index in [9.17, 15) is 9.59 Å². The molecule has 1 saturated heterocycles. The van der Waals surface area contributed by atoms with Gasteiger partial charge in [-0.3, -0.25) is 9.59 Å². The molecule has 4 aromatic rings. The molecule has 1 aliphatic heterocycles. The Balaban J connectivity index is 1.30. The number of carbonyl (C=O) groups excluding carboxylic acids is 2. The maximum Gasteiger partial charge on any atom is 0.276 e. The fourth-order valence-corrected chi connectivity index (χ4v) is 4.98. The minimum atomic E-state index is -0.159. The Bertz CT molecular complexity index is 1230. The van der Waals surface area contributed by atoms with Crippen LogP contribution in [0, 0.1) is 5.92 Å². The number of nitrogens with zero attached hydrogens (tertiary/aromatic N) is 4. The fraction of sp³-hybridized carbons (Fsp3) is 0.250. The van der Waals surface area contributed by atoms with Gasteiger partial charge in [0, 0.05) is 19.0 Å². The molecule has 0 aliphatic carbocycles. The molecule has 0 N–H and O–H groups in total. The molecule has 7 heteroatoms. The second kappa shape index (κ2) is 8.43. The van der Waals surface area contributed by atoms with E-state index in [1.165, 1.54) is 22.1 Å². The van der Waals surface area contributed by atoms with Crippen molar-refractivity contribution in [2.45, 2.75) is 19.4 Å². The van der Waals surface area contributed by atoms with Crippen molar-refractivity contribution in [2.75, 3.05) is 13.1 Å². The monoisotopic (exact) mass is 430 g/mol. The van der Waals surface area contributed by atoms with Crippen LogP contribution in [-0.4, -0.2) is 44.7 Å². The highest BCUT2D eigenvalue weighted by molar-refractivity contribution is 7.12. The van der Waals surface area contributed by atoms with Crippen molar-refractivity contribution >= 4 is 33.8 Å². The van der Waals surface area contributed by atoms with E-state index in [1.54, 1.807) is 15.8 Å². The molecule has 0 saturated carbocycles. The van der Waals surface area contributed by atoms with Gasteiger partial charge in [-0.2, -0.15) is 0 Å². The van der Waals surface area contributed by atoms with Gasteiger partial charge >= 0.3 is 0 Å². The summed E-state index contributed by atoms with van der Waals surface area (Å²) < 4.78 is 1.70. The summed E-state index contributed by atoms with van der Waals surface area (Å²) in [7, 11) is 0. The van der Waals surface area contributed by atoms with Crippen LogP contribution in [0.2, 0.25) is 0 Å². The van der Waals surface area contributed by atoms with Crippen LogP contribution in [0.4, 0.5) is 0 Å². The largest absolute Gasteiger partial charge is 0.336 e. The fourth-order valence-electron chi connectivity index (χ4n) is 4.24. The minimum absolute atomic E-state index is 0.132. The Kier molecular flexibility index (Phi) is 5.34. The van der Waals surface area contributed by atoms with Crippen LogP contribution in [0.15, 0.2) is 66.2 Å². The quantitative estimate of drug-likeness (QED) is 0.443. The molecule has 0 unspecified atom stereocenters. The number of thiophene rings is 1. The summed E-state index contributed by atoms with van der Waals surface area (Å²) >= 11 is 1.46. The van der Waals surface area contributed by atoms with E-state index in [0.717, 1.165) is 23.3 Å². The topological polar surface area (TPSA) is 68.1 Å². The number of ketones is 1. The first kappa shape index (κ1) is 19.6. The van der Waals surface area contributed by atoms with Crippen molar-refractivity contribution in [2.24, 2.45) is 5.92 Å². The molecule has 0 spiro atoms. The molecule has 1 atom stereocenters. The van der Waals surface area contributed by atoms with E-state index in [4.69, 9.17) is 0 Å². The summed E-state index contributed by atoms with van der Waals surface area (Å²) in [5.74, 6) is -0.179. The predicted molar refractivity (Wildman–Crippen MR) is 120 cm³/mol. The summed E-state index contributed by atoms with van der Waals surface area (Å²) in [6.07, 6.45) is 3.33. The molecule has 0 bridgehead atoms. The molecule has 0 radical (unpaired) electrons. The Hall–Kier alpha value is -3.32. The lowest BCUT2D eigenvalue weighted by Gasteiger charge is -2.31. The zero-order valence-corrected chi connectivity index (χ0v) is 17.8. The lowest BCUT2D eigenvalue weighted by molar-refractivity contribution is 0.0633. The van der Waals surface area contributed by atoms with Gasteiger partial charge in [-0.1, -0.05) is 53.7 Å². The standard InChI is InChI=1S/C24H22N4O2S/c29-23(22-11-5-13-31-22)19-9-4-12-27(14-19)24(30)21-16-28(26-25-21)15-18-8-3-7-17-6-1-2-10-20(17)18/h1-3,5-8,10-11,13,16,19H,4,9,12,14-15H2/t19-/m0/s1. The minimum Gasteiger partial charge on any atom is -0.336 e. The molecule has 2 aromatic carbocycles. The number of hydrogen-bond acceptors (Lipinski definition) is 5. The van der Waals surface area contributed by atoms with Crippen LogP contribution in [0.3, 0.4) is 0 Å². The molecule has 6 nitrogen and oxygen atoms in total. The summed E-state index contributed by atoms with van der Waals surface area (Å²) in [6.45, 7) is 1.62. The number of benzene rings is 2. The average Bonchev–Trinajstić information content (AvgIpc) is 3.51. The van der Waals surface area contributed by atoms with Crippen molar-refractivity contribution in [1.82, 2.24) is 19.9 Å². The highest BCUT2D eigenvalue weighted by Gasteiger charge is 2.30. The lowest BCUT2D eigenvalue weighted by Crippen LogP contribution is -2.42. The summed E-state index contributed by atoms with van der Waals surface area (Å²) in [6, 6.07) is 18.1. The van der Waals surface area contributed by atoms with Gasteiger partial charge in [0.2, 0.25) is 0 Å². The number of piperidine rings is 1. The van der Waals surface area contributed by atoms with E-state index in [0.29, 0.717) is 25.3 Å². The third-order valence-electron chi connectivity index (χ3n) is 5.81. The molecule has 1 amide bonds. The Morgan fingerprint density at radius 2 is 1.94 bits per heavy atom. The van der Waals surface area contributed by atoms with E-state index in [-0.39, 0.29) is 17.6 Å². The summed E-state index contributed by atoms with van der Waals surface area (Å²) in [5.41, 5.74) is 1.45. The van der Waals surface area contributed by atoms with E-state index >= 15 is 0 Å². The molecule has 1 fully saturated rings. The van der Waals surface area contributed by atoms with Crippen molar-refractivity contribution in [3.63, 3.8) is 0 Å². The van der Waals surface area contributed by atoms with Crippen LogP contribution in [-0.2, 0) is 6.54 Å². The number of likely N-dealkylation sites (tertiary alicyclic amines) is 1. The molecule has 31 heavy (non-hydrogen) atoms. The van der Waals surface area contributed by atoms with Crippen LogP contribution in [0.1, 0.15) is 38.6 Å². The Morgan fingerprint density at radius 3 is 2.81 bits per heavy atom. The second-order valence-corrected chi connectivity index (χ2v) is 8.82. The van der Waals surface area contributed by atoms with Gasteiger partial charge < -0.3 is 4.90 Å². The number of hydrogen-bond donors (Lipinski definition) is 0. The predicted octanol–water partition coefficient (Wildman–Crippen LogP) is 4.28. The molecule has 156 valence electrons. The van der Waals surface area contributed by atoms with Crippen LogP contribution in [0.25, 0.3) is 10.8 Å². The number of carbonyl (C=O) groups is 2. The zero-order chi connectivity index (χ0) is 21.2. The van der Waals surface area contributed by atoms with Crippen LogP contribution < -0.4 is 0 Å². The maximum atomic E-state index is 13.0. The van der Waals surface area contributed by atoms with Gasteiger partial charge in [-0.25, -0.2) is 4.68 Å². The first-order valence-corrected chi connectivity index (χ1v) is 11.3. The first-order valence-electron chi connectivity index (χ1n) is 10.4. The normalized spacial score (nSPS) is 16.5. The van der Waals surface area contributed by atoms with Gasteiger partial charge in [0.1, 0.15) is 0 Å². The third kappa shape index (κ3) is 4.01. The van der Waals surface area contributed by atoms with Crippen molar-refractivity contribution in [3.8, 4) is 0 Å². The molecule has 2 aromatic heterocycles.